The van der Waals surface area contributed by atoms with Crippen molar-refractivity contribution in [3.63, 3.8) is 0 Å². The zero-order valence-electron chi connectivity index (χ0n) is 19.3. The Kier molecular flexibility index (Phi) is 8.09. The average molecular weight is 414 g/mol. The smallest absolute Gasteiger partial charge is 0.192 e. The van der Waals surface area contributed by atoms with E-state index in [0.717, 1.165) is 24.3 Å². The van der Waals surface area contributed by atoms with E-state index in [4.69, 9.17) is 14.9 Å². The number of hydrogen-bond acceptors (Lipinski definition) is 3. The zero-order valence-corrected chi connectivity index (χ0v) is 20.3. The Labute approximate surface area is 178 Å². The van der Waals surface area contributed by atoms with Crippen molar-refractivity contribution >= 4 is 8.32 Å². The lowest BCUT2D eigenvalue weighted by molar-refractivity contribution is 0.271. The van der Waals surface area contributed by atoms with Crippen molar-refractivity contribution in [1.82, 2.24) is 0 Å². The maximum atomic E-state index is 6.55. The first-order valence-electron chi connectivity index (χ1n) is 10.7. The fourth-order valence-electron chi connectivity index (χ4n) is 2.80. The van der Waals surface area contributed by atoms with Crippen LogP contribution in [0.15, 0.2) is 48.5 Å². The molecular weight excluding hydrogens is 374 g/mol. The molecule has 1 unspecified atom stereocenters. The lowest BCUT2D eigenvalue weighted by atomic mass is 9.96. The minimum absolute atomic E-state index is 0.0526. The van der Waals surface area contributed by atoms with Crippen molar-refractivity contribution in [1.29, 1.82) is 0 Å². The van der Waals surface area contributed by atoms with Crippen molar-refractivity contribution in [3.8, 4) is 5.75 Å². The van der Waals surface area contributed by atoms with Gasteiger partial charge in [-0.3, -0.25) is 0 Å². The van der Waals surface area contributed by atoms with Gasteiger partial charge in [-0.25, -0.2) is 0 Å². The number of rotatable bonds is 9. The summed E-state index contributed by atoms with van der Waals surface area (Å²) in [6.07, 6.45) is 0.795. The van der Waals surface area contributed by atoms with Crippen molar-refractivity contribution in [2.75, 3.05) is 6.61 Å². The monoisotopic (exact) mass is 413 g/mol. The van der Waals surface area contributed by atoms with Gasteiger partial charge in [0.05, 0.1) is 13.2 Å². The highest BCUT2D eigenvalue weighted by Crippen LogP contribution is 2.37. The Morgan fingerprint density at radius 1 is 0.931 bits per heavy atom. The molecule has 1 atom stereocenters. The molecule has 0 heterocycles. The first-order valence-corrected chi connectivity index (χ1v) is 13.6. The topological polar surface area (TPSA) is 44.5 Å². The summed E-state index contributed by atoms with van der Waals surface area (Å²) in [5.74, 6) is 1.42. The van der Waals surface area contributed by atoms with Gasteiger partial charge in [0.2, 0.25) is 0 Å². The van der Waals surface area contributed by atoms with E-state index in [1.165, 1.54) is 11.1 Å². The molecule has 2 rings (SSSR count). The maximum Gasteiger partial charge on any atom is 0.192 e. The first kappa shape index (κ1) is 23.7. The highest BCUT2D eigenvalue weighted by atomic mass is 28.4. The van der Waals surface area contributed by atoms with Gasteiger partial charge in [0.15, 0.2) is 8.32 Å². The Balaban J connectivity index is 2.04. The molecule has 3 nitrogen and oxygen atoms in total. The van der Waals surface area contributed by atoms with E-state index in [-0.39, 0.29) is 11.1 Å². The van der Waals surface area contributed by atoms with Gasteiger partial charge in [-0.1, -0.05) is 71.0 Å². The van der Waals surface area contributed by atoms with Crippen LogP contribution in [-0.4, -0.2) is 14.9 Å². The highest BCUT2D eigenvalue weighted by molar-refractivity contribution is 6.74. The zero-order chi connectivity index (χ0) is 21.7. The predicted octanol–water partition coefficient (Wildman–Crippen LogP) is 6.49. The van der Waals surface area contributed by atoms with E-state index in [1.807, 2.05) is 12.1 Å². The SMILES string of the molecule is CC(C)COc1ccc(C(N)Cc2ccccc2CO[Si](C)(C)C(C)(C)C)cc1. The second kappa shape index (κ2) is 9.92. The minimum Gasteiger partial charge on any atom is -0.493 e. The van der Waals surface area contributed by atoms with E-state index < -0.39 is 8.32 Å². The largest absolute Gasteiger partial charge is 0.493 e. The molecule has 0 fully saturated rings. The molecule has 0 aromatic heterocycles. The van der Waals surface area contributed by atoms with Crippen LogP contribution in [0.3, 0.4) is 0 Å². The molecule has 2 N–H and O–H groups in total. The molecule has 2 aromatic carbocycles. The normalized spacial score (nSPS) is 13.6. The third-order valence-corrected chi connectivity index (χ3v) is 10.3. The lowest BCUT2D eigenvalue weighted by Crippen LogP contribution is -2.40. The molecule has 0 bridgehead atoms. The van der Waals surface area contributed by atoms with E-state index in [2.05, 4.69) is 84.1 Å². The van der Waals surface area contributed by atoms with Gasteiger partial charge in [0.1, 0.15) is 5.75 Å². The minimum atomic E-state index is -1.78. The van der Waals surface area contributed by atoms with Crippen molar-refractivity contribution in [2.45, 2.75) is 71.8 Å². The van der Waals surface area contributed by atoms with E-state index in [1.54, 1.807) is 0 Å². The van der Waals surface area contributed by atoms with Gasteiger partial charge in [-0.05, 0) is 59.3 Å². The standard InChI is InChI=1S/C25H39NO2Si/c1-19(2)17-27-23-14-12-20(13-15-23)24(26)16-21-10-8-9-11-22(21)18-28-29(6,7)25(3,4)5/h8-15,19,24H,16-18,26H2,1-7H3. The third kappa shape index (κ3) is 6.98. The fourth-order valence-corrected chi connectivity index (χ4v) is 3.75. The van der Waals surface area contributed by atoms with Crippen LogP contribution in [0.25, 0.3) is 0 Å². The van der Waals surface area contributed by atoms with Crippen LogP contribution >= 0.6 is 0 Å². The molecule has 160 valence electrons. The highest BCUT2D eigenvalue weighted by Gasteiger charge is 2.37. The number of benzene rings is 2. The Morgan fingerprint density at radius 2 is 1.52 bits per heavy atom. The molecule has 0 saturated carbocycles. The van der Waals surface area contributed by atoms with Gasteiger partial charge >= 0.3 is 0 Å². The molecule has 0 aliphatic heterocycles. The summed E-state index contributed by atoms with van der Waals surface area (Å²) in [7, 11) is -1.78. The summed E-state index contributed by atoms with van der Waals surface area (Å²) in [5.41, 5.74) is 10.2. The molecule has 0 aliphatic carbocycles. The lowest BCUT2D eigenvalue weighted by Gasteiger charge is -2.36. The molecule has 0 amide bonds. The summed E-state index contributed by atoms with van der Waals surface area (Å²) < 4.78 is 12.2. The predicted molar refractivity (Wildman–Crippen MR) is 126 cm³/mol. The number of nitrogens with two attached hydrogens (primary N) is 1. The molecule has 2 aromatic rings. The first-order chi connectivity index (χ1) is 13.5. The quantitative estimate of drug-likeness (QED) is 0.478. The summed E-state index contributed by atoms with van der Waals surface area (Å²) in [6.45, 7) is 17.1. The van der Waals surface area contributed by atoms with Crippen LogP contribution in [0.5, 0.6) is 5.75 Å². The van der Waals surface area contributed by atoms with Gasteiger partial charge in [0, 0.05) is 6.04 Å². The van der Waals surface area contributed by atoms with Crippen LogP contribution in [0, 0.1) is 5.92 Å². The molecule has 0 saturated heterocycles. The third-order valence-electron chi connectivity index (χ3n) is 5.84. The molecule has 0 aliphatic rings. The summed E-state index contributed by atoms with van der Waals surface area (Å²) in [6, 6.07) is 16.6. The van der Waals surface area contributed by atoms with E-state index in [9.17, 15) is 0 Å². The van der Waals surface area contributed by atoms with Gasteiger partial charge in [0.25, 0.3) is 0 Å². The number of hydrogen-bond donors (Lipinski definition) is 1. The maximum absolute atomic E-state index is 6.55. The summed E-state index contributed by atoms with van der Waals surface area (Å²) >= 11 is 0. The molecule has 0 radical (unpaired) electrons. The van der Waals surface area contributed by atoms with Crippen LogP contribution in [0.4, 0.5) is 0 Å². The number of ether oxygens (including phenoxy) is 1. The second-order valence-electron chi connectivity index (χ2n) is 9.90. The van der Waals surface area contributed by atoms with E-state index in [0.29, 0.717) is 12.5 Å². The summed E-state index contributed by atoms with van der Waals surface area (Å²) in [5, 5.41) is 0.206. The van der Waals surface area contributed by atoms with Crippen molar-refractivity contribution in [2.24, 2.45) is 11.7 Å². The van der Waals surface area contributed by atoms with Crippen LogP contribution in [-0.2, 0) is 17.5 Å². The fraction of sp³-hybridized carbons (Fsp3) is 0.520. The second-order valence-corrected chi connectivity index (χ2v) is 14.7. The molecule has 0 spiro atoms. The average Bonchev–Trinajstić information content (AvgIpc) is 2.65. The van der Waals surface area contributed by atoms with Crippen LogP contribution < -0.4 is 10.5 Å². The Morgan fingerprint density at radius 3 is 2.07 bits per heavy atom. The molecule has 4 heteroatoms. The van der Waals surface area contributed by atoms with Crippen LogP contribution in [0.2, 0.25) is 18.1 Å². The van der Waals surface area contributed by atoms with E-state index >= 15 is 0 Å². The Bertz CT molecular complexity index is 763. The summed E-state index contributed by atoms with van der Waals surface area (Å²) in [4.78, 5) is 0. The molecule has 29 heavy (non-hydrogen) atoms. The van der Waals surface area contributed by atoms with Gasteiger partial charge in [-0.15, -0.1) is 0 Å². The van der Waals surface area contributed by atoms with Crippen LogP contribution in [0.1, 0.15) is 57.4 Å². The Hall–Kier alpha value is -1.62. The van der Waals surface area contributed by atoms with Gasteiger partial charge in [-0.2, -0.15) is 0 Å². The van der Waals surface area contributed by atoms with Crippen molar-refractivity contribution < 1.29 is 9.16 Å². The van der Waals surface area contributed by atoms with Crippen molar-refractivity contribution in [3.05, 3.63) is 65.2 Å². The van der Waals surface area contributed by atoms with Gasteiger partial charge < -0.3 is 14.9 Å². The molecular formula is C25H39NO2Si.